The van der Waals surface area contributed by atoms with E-state index in [9.17, 15) is 13.2 Å². The van der Waals surface area contributed by atoms with Gasteiger partial charge in [0.25, 0.3) is 5.91 Å². The number of anilines is 1. The fourth-order valence-corrected chi connectivity index (χ4v) is 5.48. The van der Waals surface area contributed by atoms with Crippen molar-refractivity contribution < 1.29 is 13.2 Å². The first-order valence-corrected chi connectivity index (χ1v) is 12.4. The van der Waals surface area contributed by atoms with Gasteiger partial charge in [-0.25, -0.2) is 13.8 Å². The molecule has 2 aromatic rings. The van der Waals surface area contributed by atoms with Crippen molar-refractivity contribution in [3.05, 3.63) is 59.7 Å². The average molecular weight is 457 g/mol. The molecule has 0 aliphatic heterocycles. The summed E-state index contributed by atoms with van der Waals surface area (Å²) < 4.78 is 28.1. The van der Waals surface area contributed by atoms with Crippen molar-refractivity contribution in [3.8, 4) is 0 Å². The van der Waals surface area contributed by atoms with E-state index in [1.807, 2.05) is 50.2 Å². The lowest BCUT2D eigenvalue weighted by Crippen LogP contribution is -2.46. The number of rotatable bonds is 8. The number of nitrogens with zero attached hydrogens (tertiary/aromatic N) is 3. The molecule has 1 aliphatic rings. The van der Waals surface area contributed by atoms with Crippen LogP contribution in [0.15, 0.2) is 58.5 Å². The van der Waals surface area contributed by atoms with Crippen LogP contribution in [-0.4, -0.2) is 51.5 Å². The topological polar surface area (TPSA) is 82.1 Å². The lowest BCUT2D eigenvalue weighted by atomic mass is 9.95. The van der Waals surface area contributed by atoms with Gasteiger partial charge < -0.3 is 4.90 Å². The zero-order chi connectivity index (χ0) is 23.1. The second kappa shape index (κ2) is 10.7. The Morgan fingerprint density at radius 1 is 1.03 bits per heavy atom. The molecular formula is C24H32N4O3S. The fourth-order valence-electron chi connectivity index (χ4n) is 3.84. The van der Waals surface area contributed by atoms with E-state index in [1.165, 1.54) is 4.31 Å². The van der Waals surface area contributed by atoms with Gasteiger partial charge in [-0.2, -0.15) is 9.41 Å². The summed E-state index contributed by atoms with van der Waals surface area (Å²) in [4.78, 5) is 14.8. The second-order valence-electron chi connectivity index (χ2n) is 8.43. The molecule has 0 aromatic heterocycles. The van der Waals surface area contributed by atoms with Crippen LogP contribution in [0, 0.1) is 6.92 Å². The molecule has 32 heavy (non-hydrogen) atoms. The molecule has 0 bridgehead atoms. The molecule has 0 atom stereocenters. The van der Waals surface area contributed by atoms with Crippen molar-refractivity contribution in [2.75, 3.05) is 25.5 Å². The molecular weight excluding hydrogens is 424 g/mol. The van der Waals surface area contributed by atoms with Crippen LogP contribution in [-0.2, 0) is 14.8 Å². The predicted octanol–water partition coefficient (Wildman–Crippen LogP) is 3.53. The third-order valence-electron chi connectivity index (χ3n) is 5.72. The minimum atomic E-state index is -3.79. The van der Waals surface area contributed by atoms with Crippen molar-refractivity contribution in [3.63, 3.8) is 0 Å². The molecule has 172 valence electrons. The number of carbonyl (C=O) groups excluding carboxylic acids is 1. The van der Waals surface area contributed by atoms with E-state index in [-0.39, 0.29) is 17.5 Å². The molecule has 1 N–H and O–H groups in total. The lowest BCUT2D eigenvalue weighted by Gasteiger charge is -2.32. The summed E-state index contributed by atoms with van der Waals surface area (Å²) in [7, 11) is 0.142. The van der Waals surface area contributed by atoms with Gasteiger partial charge in [0.1, 0.15) is 0 Å². The zero-order valence-electron chi connectivity index (χ0n) is 19.0. The van der Waals surface area contributed by atoms with Crippen molar-refractivity contribution in [2.45, 2.75) is 50.0 Å². The van der Waals surface area contributed by atoms with Gasteiger partial charge in [0.05, 0.1) is 17.7 Å². The van der Waals surface area contributed by atoms with Gasteiger partial charge in [-0.1, -0.05) is 49.1 Å². The van der Waals surface area contributed by atoms with Gasteiger partial charge in [-0.05, 0) is 49.6 Å². The molecule has 1 saturated carbocycles. The lowest BCUT2D eigenvalue weighted by molar-refractivity contribution is -0.121. The summed E-state index contributed by atoms with van der Waals surface area (Å²) in [5.74, 6) is -0.451. The maximum Gasteiger partial charge on any atom is 0.255 e. The van der Waals surface area contributed by atoms with E-state index in [1.54, 1.807) is 30.5 Å². The predicted molar refractivity (Wildman–Crippen MR) is 128 cm³/mol. The van der Waals surface area contributed by atoms with Crippen molar-refractivity contribution in [1.29, 1.82) is 0 Å². The molecule has 8 heteroatoms. The number of hydrogen-bond acceptors (Lipinski definition) is 5. The van der Waals surface area contributed by atoms with Crippen LogP contribution in [0.5, 0.6) is 0 Å². The van der Waals surface area contributed by atoms with Gasteiger partial charge >= 0.3 is 0 Å². The van der Waals surface area contributed by atoms with Crippen LogP contribution in [0.3, 0.4) is 0 Å². The molecule has 2 aromatic carbocycles. The molecule has 1 fully saturated rings. The smallest absolute Gasteiger partial charge is 0.255 e. The molecule has 0 radical (unpaired) electrons. The molecule has 1 aliphatic carbocycles. The Morgan fingerprint density at radius 3 is 2.25 bits per heavy atom. The molecule has 0 saturated heterocycles. The molecule has 0 heterocycles. The Balaban J connectivity index is 1.71. The first-order valence-electron chi connectivity index (χ1n) is 10.9. The van der Waals surface area contributed by atoms with Gasteiger partial charge in [-0.15, -0.1) is 0 Å². The Labute approximate surface area is 191 Å². The van der Waals surface area contributed by atoms with E-state index >= 15 is 0 Å². The SMILES string of the molecule is Cc1ccc(S(=O)(=O)N(CC(=O)N/N=C\c2ccc(N(C)C)cc2)C2CCCCC2)cc1. The normalized spacial score (nSPS) is 15.2. The first-order chi connectivity index (χ1) is 15.3. The second-order valence-corrected chi connectivity index (χ2v) is 10.3. The van der Waals surface area contributed by atoms with Gasteiger partial charge in [0.2, 0.25) is 10.0 Å². The van der Waals surface area contributed by atoms with E-state index in [4.69, 9.17) is 0 Å². The average Bonchev–Trinajstić information content (AvgIpc) is 2.78. The highest BCUT2D eigenvalue weighted by Gasteiger charge is 2.33. The molecule has 1 amide bonds. The number of hydrazone groups is 1. The van der Waals surface area contributed by atoms with E-state index in [2.05, 4.69) is 10.5 Å². The minimum Gasteiger partial charge on any atom is -0.378 e. The van der Waals surface area contributed by atoms with E-state index in [0.717, 1.165) is 48.9 Å². The largest absolute Gasteiger partial charge is 0.378 e. The summed E-state index contributed by atoms with van der Waals surface area (Å²) in [6, 6.07) is 14.3. The van der Waals surface area contributed by atoms with Crippen LogP contribution in [0.1, 0.15) is 43.2 Å². The van der Waals surface area contributed by atoms with E-state index in [0.29, 0.717) is 0 Å². The third kappa shape index (κ3) is 6.17. The van der Waals surface area contributed by atoms with Crippen molar-refractivity contribution >= 4 is 27.8 Å². The van der Waals surface area contributed by atoms with Crippen LogP contribution < -0.4 is 10.3 Å². The standard InChI is InChI=1S/C24H32N4O3S/c1-19-9-15-23(16-10-19)32(30,31)28(22-7-5-4-6-8-22)18-24(29)26-25-17-20-11-13-21(14-12-20)27(2)3/h9-17,22H,4-8,18H2,1-3H3,(H,26,29)/b25-17-. The fraction of sp³-hybridized carbons (Fsp3) is 0.417. The Kier molecular flexibility index (Phi) is 8.04. The van der Waals surface area contributed by atoms with Gasteiger partial charge in [0, 0.05) is 25.8 Å². The number of sulfonamides is 1. The van der Waals surface area contributed by atoms with Crippen molar-refractivity contribution in [1.82, 2.24) is 9.73 Å². The molecule has 0 unspecified atom stereocenters. The number of hydrogen-bond donors (Lipinski definition) is 1. The Hall–Kier alpha value is -2.71. The number of carbonyl (C=O) groups is 1. The molecule has 3 rings (SSSR count). The van der Waals surface area contributed by atoms with Crippen LogP contribution in [0.4, 0.5) is 5.69 Å². The summed E-state index contributed by atoms with van der Waals surface area (Å²) in [6.45, 7) is 1.66. The summed E-state index contributed by atoms with van der Waals surface area (Å²) in [5.41, 5.74) is 5.38. The minimum absolute atomic E-state index is 0.177. The highest BCUT2D eigenvalue weighted by atomic mass is 32.2. The number of nitrogens with one attached hydrogen (secondary N) is 1. The maximum absolute atomic E-state index is 13.4. The number of aryl methyl sites for hydroxylation is 1. The van der Waals surface area contributed by atoms with Gasteiger partial charge in [-0.3, -0.25) is 4.79 Å². The monoisotopic (exact) mass is 456 g/mol. The van der Waals surface area contributed by atoms with Crippen LogP contribution in [0.2, 0.25) is 0 Å². The summed E-state index contributed by atoms with van der Waals surface area (Å²) in [5, 5.41) is 4.02. The number of benzene rings is 2. The quantitative estimate of drug-likeness (QED) is 0.487. The van der Waals surface area contributed by atoms with Gasteiger partial charge in [0.15, 0.2) is 0 Å². The first kappa shape index (κ1) is 23.9. The maximum atomic E-state index is 13.4. The molecule has 0 spiro atoms. The third-order valence-corrected chi connectivity index (χ3v) is 7.63. The summed E-state index contributed by atoms with van der Waals surface area (Å²) >= 11 is 0. The highest BCUT2D eigenvalue weighted by Crippen LogP contribution is 2.27. The molecule has 7 nitrogen and oxygen atoms in total. The Bertz CT molecular complexity index is 1030. The van der Waals surface area contributed by atoms with E-state index < -0.39 is 15.9 Å². The van der Waals surface area contributed by atoms with Crippen LogP contribution >= 0.6 is 0 Å². The summed E-state index contributed by atoms with van der Waals surface area (Å²) in [6.07, 6.45) is 6.11. The highest BCUT2D eigenvalue weighted by molar-refractivity contribution is 7.89. The van der Waals surface area contributed by atoms with Crippen LogP contribution in [0.25, 0.3) is 0 Å². The number of amides is 1. The zero-order valence-corrected chi connectivity index (χ0v) is 19.8. The Morgan fingerprint density at radius 2 is 1.66 bits per heavy atom. The van der Waals surface area contributed by atoms with Crippen molar-refractivity contribution in [2.24, 2.45) is 5.10 Å².